The summed E-state index contributed by atoms with van der Waals surface area (Å²) in [6.45, 7) is 9.82. The maximum absolute atomic E-state index is 3.61. The first kappa shape index (κ1) is 17.2. The van der Waals surface area contributed by atoms with Gasteiger partial charge in [0, 0.05) is 24.7 Å². The zero-order valence-electron chi connectivity index (χ0n) is 15.2. The van der Waals surface area contributed by atoms with Gasteiger partial charge < -0.3 is 10.2 Å². The second kappa shape index (κ2) is 6.97. The number of nitrogens with zero attached hydrogens (tertiary/aromatic N) is 2. The summed E-state index contributed by atoms with van der Waals surface area (Å²) in [5.41, 5.74) is 0.452. The molecule has 1 saturated carbocycles. The van der Waals surface area contributed by atoms with Gasteiger partial charge in [0.2, 0.25) is 0 Å². The van der Waals surface area contributed by atoms with Crippen molar-refractivity contribution in [1.29, 1.82) is 0 Å². The maximum atomic E-state index is 3.61. The van der Waals surface area contributed by atoms with Gasteiger partial charge in [-0.2, -0.15) is 0 Å². The first-order chi connectivity index (χ1) is 9.82. The van der Waals surface area contributed by atoms with E-state index in [1.165, 1.54) is 45.2 Å². The SMILES string of the molecule is CNC1CCC(C(C)(C)C)CC1N1CCCC(N(C)C)C1. The molecule has 3 nitrogen and oxygen atoms in total. The summed E-state index contributed by atoms with van der Waals surface area (Å²) < 4.78 is 0. The lowest BCUT2D eigenvalue weighted by Crippen LogP contribution is -2.58. The van der Waals surface area contributed by atoms with Crippen molar-refractivity contribution in [3.63, 3.8) is 0 Å². The van der Waals surface area contributed by atoms with Crippen LogP contribution in [-0.4, -0.2) is 62.2 Å². The van der Waals surface area contributed by atoms with Crippen LogP contribution < -0.4 is 5.32 Å². The smallest absolute Gasteiger partial charge is 0.0252 e. The van der Waals surface area contributed by atoms with E-state index in [1.54, 1.807) is 0 Å². The molecule has 0 radical (unpaired) electrons. The molecule has 1 aliphatic carbocycles. The molecular formula is C18H37N3. The molecule has 2 rings (SSSR count). The second-order valence-electron chi connectivity index (χ2n) is 8.59. The molecule has 124 valence electrons. The molecule has 21 heavy (non-hydrogen) atoms. The van der Waals surface area contributed by atoms with Crippen LogP contribution >= 0.6 is 0 Å². The van der Waals surface area contributed by atoms with Crippen molar-refractivity contribution in [2.75, 3.05) is 34.2 Å². The summed E-state index contributed by atoms with van der Waals surface area (Å²) in [5, 5.41) is 3.61. The summed E-state index contributed by atoms with van der Waals surface area (Å²) in [6.07, 6.45) is 6.82. The molecule has 4 atom stereocenters. The highest BCUT2D eigenvalue weighted by Gasteiger charge is 2.39. The lowest BCUT2D eigenvalue weighted by atomic mass is 9.69. The first-order valence-electron chi connectivity index (χ1n) is 8.90. The van der Waals surface area contributed by atoms with Crippen molar-refractivity contribution in [2.45, 2.75) is 71.0 Å². The molecule has 0 aromatic carbocycles. The molecule has 0 aromatic rings. The zero-order chi connectivity index (χ0) is 15.6. The minimum absolute atomic E-state index is 0.452. The van der Waals surface area contributed by atoms with Crippen molar-refractivity contribution in [3.8, 4) is 0 Å². The lowest BCUT2D eigenvalue weighted by Gasteiger charge is -2.49. The highest BCUT2D eigenvalue weighted by molar-refractivity contribution is 4.95. The zero-order valence-corrected chi connectivity index (χ0v) is 15.2. The number of likely N-dealkylation sites (N-methyl/N-ethyl adjacent to an activating group) is 2. The third-order valence-electron chi connectivity index (χ3n) is 6.04. The van der Waals surface area contributed by atoms with Gasteiger partial charge in [0.25, 0.3) is 0 Å². The van der Waals surface area contributed by atoms with Gasteiger partial charge in [-0.15, -0.1) is 0 Å². The van der Waals surface area contributed by atoms with E-state index in [-0.39, 0.29) is 0 Å². The largest absolute Gasteiger partial charge is 0.315 e. The third-order valence-corrected chi connectivity index (χ3v) is 6.04. The molecule has 1 N–H and O–H groups in total. The van der Waals surface area contributed by atoms with Crippen molar-refractivity contribution in [1.82, 2.24) is 15.1 Å². The van der Waals surface area contributed by atoms with E-state index >= 15 is 0 Å². The van der Waals surface area contributed by atoms with Gasteiger partial charge in [-0.3, -0.25) is 4.90 Å². The van der Waals surface area contributed by atoms with Crippen LogP contribution in [0.15, 0.2) is 0 Å². The van der Waals surface area contributed by atoms with E-state index < -0.39 is 0 Å². The highest BCUT2D eigenvalue weighted by Crippen LogP contribution is 2.40. The second-order valence-corrected chi connectivity index (χ2v) is 8.59. The molecule has 1 saturated heterocycles. The number of rotatable bonds is 3. The maximum Gasteiger partial charge on any atom is 0.0252 e. The number of hydrogen-bond donors (Lipinski definition) is 1. The molecule has 1 aliphatic heterocycles. The van der Waals surface area contributed by atoms with Crippen LogP contribution in [0.1, 0.15) is 52.9 Å². The Labute approximate surface area is 132 Å². The van der Waals surface area contributed by atoms with Crippen LogP contribution in [0.3, 0.4) is 0 Å². The third kappa shape index (κ3) is 4.20. The number of likely N-dealkylation sites (tertiary alicyclic amines) is 1. The summed E-state index contributed by atoms with van der Waals surface area (Å²) in [4.78, 5) is 5.22. The number of hydrogen-bond acceptors (Lipinski definition) is 3. The van der Waals surface area contributed by atoms with Crippen LogP contribution in [0, 0.1) is 11.3 Å². The van der Waals surface area contributed by atoms with E-state index in [1.807, 2.05) is 0 Å². The summed E-state index contributed by atoms with van der Waals surface area (Å²) >= 11 is 0. The van der Waals surface area contributed by atoms with Crippen LogP contribution in [0.5, 0.6) is 0 Å². The average Bonchev–Trinajstić information content (AvgIpc) is 2.45. The predicted octanol–water partition coefficient (Wildman–Crippen LogP) is 2.82. The Balaban J connectivity index is 2.06. The summed E-state index contributed by atoms with van der Waals surface area (Å²) in [7, 11) is 6.63. The fraction of sp³-hybridized carbons (Fsp3) is 1.00. The van der Waals surface area contributed by atoms with Gasteiger partial charge >= 0.3 is 0 Å². The Morgan fingerprint density at radius 1 is 1.10 bits per heavy atom. The summed E-state index contributed by atoms with van der Waals surface area (Å²) in [5.74, 6) is 0.867. The fourth-order valence-corrected chi connectivity index (χ4v) is 4.38. The van der Waals surface area contributed by atoms with Gasteiger partial charge in [-0.05, 0) is 71.1 Å². The van der Waals surface area contributed by atoms with E-state index in [2.05, 4.69) is 57.0 Å². The average molecular weight is 296 g/mol. The molecule has 0 amide bonds. The van der Waals surface area contributed by atoms with Crippen LogP contribution in [0.25, 0.3) is 0 Å². The first-order valence-corrected chi connectivity index (χ1v) is 8.90. The number of piperidine rings is 1. The Bertz CT molecular complexity index is 321. The molecule has 1 heterocycles. The Morgan fingerprint density at radius 3 is 2.38 bits per heavy atom. The van der Waals surface area contributed by atoms with Crippen LogP contribution in [-0.2, 0) is 0 Å². The molecule has 0 aromatic heterocycles. The van der Waals surface area contributed by atoms with E-state index in [0.717, 1.165) is 18.0 Å². The predicted molar refractivity (Wildman–Crippen MR) is 91.7 cm³/mol. The molecule has 2 fully saturated rings. The van der Waals surface area contributed by atoms with Gasteiger partial charge in [-0.1, -0.05) is 20.8 Å². The normalized spacial score (nSPS) is 36.1. The van der Waals surface area contributed by atoms with Crippen molar-refractivity contribution >= 4 is 0 Å². The van der Waals surface area contributed by atoms with E-state index in [4.69, 9.17) is 0 Å². The van der Waals surface area contributed by atoms with Gasteiger partial charge in [0.1, 0.15) is 0 Å². The van der Waals surface area contributed by atoms with Crippen molar-refractivity contribution < 1.29 is 0 Å². The Hall–Kier alpha value is -0.120. The molecule has 4 unspecified atom stereocenters. The summed E-state index contributed by atoms with van der Waals surface area (Å²) in [6, 6.07) is 2.16. The number of nitrogens with one attached hydrogen (secondary N) is 1. The van der Waals surface area contributed by atoms with Crippen molar-refractivity contribution in [2.24, 2.45) is 11.3 Å². The fourth-order valence-electron chi connectivity index (χ4n) is 4.38. The molecule has 2 aliphatic rings. The Kier molecular flexibility index (Phi) is 5.72. The standard InChI is InChI=1S/C18H37N3/c1-18(2,3)14-9-10-16(19-4)17(12-14)21-11-7-8-15(13-21)20(5)6/h14-17,19H,7-13H2,1-6H3. The molecule has 0 spiro atoms. The van der Waals surface area contributed by atoms with E-state index in [0.29, 0.717) is 11.5 Å². The molecule has 3 heteroatoms. The topological polar surface area (TPSA) is 18.5 Å². The molecular weight excluding hydrogens is 258 g/mol. The van der Waals surface area contributed by atoms with Gasteiger partial charge in [0.05, 0.1) is 0 Å². The van der Waals surface area contributed by atoms with Gasteiger partial charge in [0.15, 0.2) is 0 Å². The van der Waals surface area contributed by atoms with Crippen molar-refractivity contribution in [3.05, 3.63) is 0 Å². The van der Waals surface area contributed by atoms with Crippen LogP contribution in [0.2, 0.25) is 0 Å². The molecule has 0 bridgehead atoms. The minimum Gasteiger partial charge on any atom is -0.315 e. The Morgan fingerprint density at radius 2 is 1.81 bits per heavy atom. The van der Waals surface area contributed by atoms with E-state index in [9.17, 15) is 0 Å². The van der Waals surface area contributed by atoms with Gasteiger partial charge in [-0.25, -0.2) is 0 Å². The van der Waals surface area contributed by atoms with Crippen LogP contribution in [0.4, 0.5) is 0 Å². The minimum atomic E-state index is 0.452. The quantitative estimate of drug-likeness (QED) is 0.864. The monoisotopic (exact) mass is 295 g/mol. The lowest BCUT2D eigenvalue weighted by molar-refractivity contribution is 0.0274. The highest BCUT2D eigenvalue weighted by atomic mass is 15.2.